The van der Waals surface area contributed by atoms with Gasteiger partial charge >= 0.3 is 0 Å². The van der Waals surface area contributed by atoms with Gasteiger partial charge in [-0.3, -0.25) is 9.67 Å². The van der Waals surface area contributed by atoms with Gasteiger partial charge in [-0.2, -0.15) is 5.10 Å². The Morgan fingerprint density at radius 1 is 1.11 bits per heavy atom. The maximum atomic E-state index is 4.93. The Kier molecular flexibility index (Phi) is 4.43. The molecule has 0 saturated carbocycles. The minimum atomic E-state index is 0.374. The molecule has 0 spiro atoms. The second-order valence-corrected chi connectivity index (χ2v) is 7.71. The zero-order valence-electron chi connectivity index (χ0n) is 16.2. The number of nitrogens with zero attached hydrogens (tertiary/aromatic N) is 6. The van der Waals surface area contributed by atoms with Crippen LogP contribution in [0.25, 0.3) is 11.4 Å². The lowest BCUT2D eigenvalue weighted by molar-refractivity contribution is 0.528. The predicted octanol–water partition coefficient (Wildman–Crippen LogP) is 2.84. The highest BCUT2D eigenvalue weighted by molar-refractivity contribution is 5.60. The number of anilines is 2. The van der Waals surface area contributed by atoms with Gasteiger partial charge in [0.05, 0.1) is 11.9 Å². The number of aryl methyl sites for hydroxylation is 2. The average molecular weight is 375 g/mol. The molecule has 4 heterocycles. The van der Waals surface area contributed by atoms with Crippen molar-refractivity contribution in [1.29, 1.82) is 0 Å². The van der Waals surface area contributed by atoms with Crippen LogP contribution >= 0.6 is 0 Å². The molecule has 1 N–H and O–H groups in total. The second kappa shape index (κ2) is 7.22. The number of piperidine rings is 1. The van der Waals surface area contributed by atoms with Crippen LogP contribution in [0.4, 0.5) is 11.5 Å². The van der Waals surface area contributed by atoms with Gasteiger partial charge in [0.25, 0.3) is 0 Å². The first-order valence-corrected chi connectivity index (χ1v) is 10.1. The van der Waals surface area contributed by atoms with E-state index >= 15 is 0 Å². The molecule has 5 rings (SSSR count). The van der Waals surface area contributed by atoms with Crippen LogP contribution in [-0.2, 0) is 19.9 Å². The van der Waals surface area contributed by atoms with Crippen molar-refractivity contribution in [3.63, 3.8) is 0 Å². The third kappa shape index (κ3) is 3.32. The van der Waals surface area contributed by atoms with E-state index in [-0.39, 0.29) is 0 Å². The summed E-state index contributed by atoms with van der Waals surface area (Å²) in [6.07, 6.45) is 13.2. The fourth-order valence-corrected chi connectivity index (χ4v) is 4.28. The van der Waals surface area contributed by atoms with Crippen molar-refractivity contribution >= 4 is 11.5 Å². The average Bonchev–Trinajstić information content (AvgIpc) is 3.38. The summed E-state index contributed by atoms with van der Waals surface area (Å²) in [7, 11) is 1.97. The van der Waals surface area contributed by atoms with Crippen molar-refractivity contribution in [3.05, 3.63) is 48.2 Å². The molecule has 0 bridgehead atoms. The Bertz CT molecular complexity index is 966. The van der Waals surface area contributed by atoms with Gasteiger partial charge in [0.1, 0.15) is 5.82 Å². The standard InChI is InChI=1S/C21H25N7/c1-27-14-17(12-23-27)28-11-3-4-16(13-28)24-21-18-5-2-6-19(18)25-20(26-21)15-7-9-22-10-8-15/h7-10,12,14,16H,2-6,11,13H2,1H3,(H,24,25,26). The highest BCUT2D eigenvalue weighted by atomic mass is 15.3. The lowest BCUT2D eigenvalue weighted by Crippen LogP contribution is -2.42. The van der Waals surface area contributed by atoms with E-state index in [1.165, 1.54) is 16.9 Å². The monoisotopic (exact) mass is 375 g/mol. The Balaban J connectivity index is 1.41. The van der Waals surface area contributed by atoms with Crippen molar-refractivity contribution in [3.8, 4) is 11.4 Å². The molecule has 3 aromatic rings. The number of nitrogens with one attached hydrogen (secondary N) is 1. The zero-order chi connectivity index (χ0) is 18.9. The number of hydrogen-bond donors (Lipinski definition) is 1. The van der Waals surface area contributed by atoms with E-state index in [1.54, 1.807) is 12.4 Å². The van der Waals surface area contributed by atoms with Gasteiger partial charge in [-0.05, 0) is 44.2 Å². The Morgan fingerprint density at radius 3 is 2.82 bits per heavy atom. The number of hydrogen-bond acceptors (Lipinski definition) is 6. The molecule has 7 heteroatoms. The molecule has 28 heavy (non-hydrogen) atoms. The summed E-state index contributed by atoms with van der Waals surface area (Å²) in [6, 6.07) is 4.33. The van der Waals surface area contributed by atoms with Crippen LogP contribution in [0.1, 0.15) is 30.5 Å². The van der Waals surface area contributed by atoms with Gasteiger partial charge in [-0.15, -0.1) is 0 Å². The molecule has 1 aliphatic carbocycles. The fraction of sp³-hybridized carbons (Fsp3) is 0.429. The molecule has 2 aliphatic rings. The molecule has 1 fully saturated rings. The maximum absolute atomic E-state index is 4.93. The van der Waals surface area contributed by atoms with E-state index in [4.69, 9.17) is 9.97 Å². The minimum Gasteiger partial charge on any atom is -0.367 e. The molecule has 1 atom stereocenters. The molecular weight excluding hydrogens is 350 g/mol. The fourth-order valence-electron chi connectivity index (χ4n) is 4.28. The van der Waals surface area contributed by atoms with Crippen LogP contribution in [0.5, 0.6) is 0 Å². The molecule has 0 amide bonds. The van der Waals surface area contributed by atoms with Crippen molar-refractivity contribution in [2.75, 3.05) is 23.3 Å². The van der Waals surface area contributed by atoms with Gasteiger partial charge in [-0.1, -0.05) is 0 Å². The topological polar surface area (TPSA) is 71.8 Å². The Labute approximate surface area is 164 Å². The summed E-state index contributed by atoms with van der Waals surface area (Å²) in [5.74, 6) is 1.82. The van der Waals surface area contributed by atoms with Crippen molar-refractivity contribution in [1.82, 2.24) is 24.7 Å². The van der Waals surface area contributed by atoms with Crippen LogP contribution in [0.3, 0.4) is 0 Å². The molecule has 1 unspecified atom stereocenters. The Morgan fingerprint density at radius 2 is 2.00 bits per heavy atom. The van der Waals surface area contributed by atoms with Gasteiger partial charge in [0, 0.05) is 61.6 Å². The van der Waals surface area contributed by atoms with E-state index in [0.717, 1.165) is 62.4 Å². The zero-order valence-corrected chi connectivity index (χ0v) is 16.2. The van der Waals surface area contributed by atoms with Crippen LogP contribution in [0.15, 0.2) is 36.9 Å². The molecule has 3 aromatic heterocycles. The second-order valence-electron chi connectivity index (χ2n) is 7.71. The molecule has 0 aromatic carbocycles. The first-order chi connectivity index (χ1) is 13.8. The number of rotatable bonds is 4. The SMILES string of the molecule is Cn1cc(N2CCCC(Nc3nc(-c4ccncc4)nc4c3CCC4)C2)cn1. The summed E-state index contributed by atoms with van der Waals surface area (Å²) >= 11 is 0. The summed E-state index contributed by atoms with van der Waals surface area (Å²) in [5, 5.41) is 8.08. The third-order valence-electron chi connectivity index (χ3n) is 5.69. The highest BCUT2D eigenvalue weighted by Gasteiger charge is 2.25. The van der Waals surface area contributed by atoms with E-state index in [1.807, 2.05) is 30.1 Å². The molecule has 1 saturated heterocycles. The molecule has 144 valence electrons. The number of aromatic nitrogens is 5. The van der Waals surface area contributed by atoms with Crippen molar-refractivity contribution in [2.24, 2.45) is 7.05 Å². The smallest absolute Gasteiger partial charge is 0.161 e. The maximum Gasteiger partial charge on any atom is 0.161 e. The van der Waals surface area contributed by atoms with Gasteiger partial charge in [0.2, 0.25) is 0 Å². The normalized spacial score (nSPS) is 18.9. The number of fused-ring (bicyclic) bond motifs is 1. The first-order valence-electron chi connectivity index (χ1n) is 10.1. The van der Waals surface area contributed by atoms with Crippen LogP contribution in [0, 0.1) is 0 Å². The van der Waals surface area contributed by atoms with Gasteiger partial charge < -0.3 is 10.2 Å². The van der Waals surface area contributed by atoms with Gasteiger partial charge in [0.15, 0.2) is 5.82 Å². The molecular formula is C21H25N7. The van der Waals surface area contributed by atoms with Crippen LogP contribution < -0.4 is 10.2 Å². The van der Waals surface area contributed by atoms with Crippen molar-refractivity contribution in [2.45, 2.75) is 38.1 Å². The summed E-state index contributed by atoms with van der Waals surface area (Å²) in [5.41, 5.74) is 4.72. The summed E-state index contributed by atoms with van der Waals surface area (Å²) in [4.78, 5) is 16.3. The lowest BCUT2D eigenvalue weighted by Gasteiger charge is -2.34. The molecule has 1 aliphatic heterocycles. The van der Waals surface area contributed by atoms with E-state index < -0.39 is 0 Å². The van der Waals surface area contributed by atoms with Crippen molar-refractivity contribution < 1.29 is 0 Å². The molecule has 7 nitrogen and oxygen atoms in total. The first kappa shape index (κ1) is 17.2. The molecule has 0 radical (unpaired) electrons. The van der Waals surface area contributed by atoms with E-state index in [2.05, 4.69) is 26.5 Å². The van der Waals surface area contributed by atoms with E-state index in [9.17, 15) is 0 Å². The largest absolute Gasteiger partial charge is 0.367 e. The Hall–Kier alpha value is -2.96. The van der Waals surface area contributed by atoms with Crippen LogP contribution in [0.2, 0.25) is 0 Å². The van der Waals surface area contributed by atoms with Crippen LogP contribution in [-0.4, -0.2) is 43.9 Å². The quantitative estimate of drug-likeness (QED) is 0.756. The minimum absolute atomic E-state index is 0.374. The van der Waals surface area contributed by atoms with E-state index in [0.29, 0.717) is 6.04 Å². The predicted molar refractivity (Wildman–Crippen MR) is 109 cm³/mol. The highest BCUT2D eigenvalue weighted by Crippen LogP contribution is 2.30. The van der Waals surface area contributed by atoms with Gasteiger partial charge in [-0.25, -0.2) is 9.97 Å². The summed E-state index contributed by atoms with van der Waals surface area (Å²) < 4.78 is 1.87. The number of pyridine rings is 1. The summed E-state index contributed by atoms with van der Waals surface area (Å²) in [6.45, 7) is 2.04. The lowest BCUT2D eigenvalue weighted by atomic mass is 10.0. The third-order valence-corrected chi connectivity index (χ3v) is 5.69.